The highest BCUT2D eigenvalue weighted by Gasteiger charge is 2.35. The Morgan fingerprint density at radius 1 is 1.24 bits per heavy atom. The summed E-state index contributed by atoms with van der Waals surface area (Å²) >= 11 is 0. The highest BCUT2D eigenvalue weighted by Crippen LogP contribution is 2.34. The zero-order chi connectivity index (χ0) is 12.6. The molecule has 2 rings (SSSR count). The molecule has 17 heavy (non-hydrogen) atoms. The highest BCUT2D eigenvalue weighted by atomic mass is 19.4. The van der Waals surface area contributed by atoms with Gasteiger partial charge in [-0.1, -0.05) is 0 Å². The molecule has 1 aromatic rings. The van der Waals surface area contributed by atoms with Crippen LogP contribution in [0.3, 0.4) is 0 Å². The predicted octanol–water partition coefficient (Wildman–Crippen LogP) is 2.71. The largest absolute Gasteiger partial charge is 0.490 e. The Balaban J connectivity index is 2.14. The molecular weight excluding hydrogens is 238 g/mol. The molecule has 0 radical (unpaired) electrons. The van der Waals surface area contributed by atoms with E-state index in [1.165, 1.54) is 6.07 Å². The Bertz CT molecular complexity index is 412. The summed E-state index contributed by atoms with van der Waals surface area (Å²) in [4.78, 5) is 0. The second-order valence-electron chi connectivity index (χ2n) is 4.11. The Kier molecular flexibility index (Phi) is 2.99. The van der Waals surface area contributed by atoms with Gasteiger partial charge in [0.1, 0.15) is 17.7 Å². The average molecular weight is 249 g/mol. The normalized spacial score (nSPS) is 24.3. The van der Waals surface area contributed by atoms with Crippen LogP contribution in [0.1, 0.15) is 18.4 Å². The minimum absolute atomic E-state index is 0.0237. The van der Waals surface area contributed by atoms with Crippen LogP contribution in [-0.2, 0) is 6.18 Å². The van der Waals surface area contributed by atoms with Crippen LogP contribution in [0.5, 0.6) is 5.75 Å². The van der Waals surface area contributed by atoms with Crippen molar-refractivity contribution in [3.8, 4) is 5.75 Å². The van der Waals surface area contributed by atoms with Gasteiger partial charge in [0.25, 0.3) is 0 Å². The Hall–Kier alpha value is -1.30. The first-order valence-corrected chi connectivity index (χ1v) is 5.15. The summed E-state index contributed by atoms with van der Waals surface area (Å²) in [6.45, 7) is 0. The Morgan fingerprint density at radius 2 is 1.88 bits per heavy atom. The van der Waals surface area contributed by atoms with Crippen molar-refractivity contribution in [2.45, 2.75) is 31.2 Å². The van der Waals surface area contributed by atoms with Crippen molar-refractivity contribution in [2.75, 3.05) is 0 Å². The van der Waals surface area contributed by atoms with Gasteiger partial charge in [-0.2, -0.15) is 13.2 Å². The molecule has 1 aliphatic carbocycles. The number of nitrogens with two attached hydrogens (primary N) is 1. The van der Waals surface area contributed by atoms with Gasteiger partial charge in [-0.25, -0.2) is 4.39 Å². The van der Waals surface area contributed by atoms with Crippen molar-refractivity contribution in [2.24, 2.45) is 5.73 Å². The van der Waals surface area contributed by atoms with Crippen molar-refractivity contribution in [1.29, 1.82) is 0 Å². The lowest BCUT2D eigenvalue weighted by atomic mass is 9.90. The molecule has 0 aliphatic heterocycles. The van der Waals surface area contributed by atoms with Crippen LogP contribution >= 0.6 is 0 Å². The smallest absolute Gasteiger partial charge is 0.419 e. The molecule has 94 valence electrons. The van der Waals surface area contributed by atoms with Gasteiger partial charge < -0.3 is 10.5 Å². The van der Waals surface area contributed by atoms with Gasteiger partial charge in [-0.3, -0.25) is 0 Å². The second-order valence-corrected chi connectivity index (χ2v) is 4.11. The molecule has 1 saturated carbocycles. The fourth-order valence-electron chi connectivity index (χ4n) is 1.69. The highest BCUT2D eigenvalue weighted by molar-refractivity contribution is 5.32. The zero-order valence-electron chi connectivity index (χ0n) is 8.80. The van der Waals surface area contributed by atoms with Gasteiger partial charge in [-0.05, 0) is 31.0 Å². The molecule has 0 unspecified atom stereocenters. The molecule has 0 heterocycles. The molecule has 0 aromatic heterocycles. The van der Waals surface area contributed by atoms with E-state index >= 15 is 0 Å². The van der Waals surface area contributed by atoms with Gasteiger partial charge in [0.15, 0.2) is 0 Å². The molecule has 1 fully saturated rings. The van der Waals surface area contributed by atoms with Crippen LogP contribution in [0.15, 0.2) is 18.2 Å². The fraction of sp³-hybridized carbons (Fsp3) is 0.455. The minimum Gasteiger partial charge on any atom is -0.490 e. The van der Waals surface area contributed by atoms with E-state index in [9.17, 15) is 17.6 Å². The summed E-state index contributed by atoms with van der Waals surface area (Å²) in [5, 5.41) is 0. The molecule has 6 heteroatoms. The first kappa shape index (κ1) is 12.2. The maximum absolute atomic E-state index is 13.0. The lowest BCUT2D eigenvalue weighted by Gasteiger charge is -2.32. The third-order valence-electron chi connectivity index (χ3n) is 2.68. The average Bonchev–Trinajstić information content (AvgIpc) is 2.16. The van der Waals surface area contributed by atoms with Gasteiger partial charge in [-0.15, -0.1) is 0 Å². The summed E-state index contributed by atoms with van der Waals surface area (Å²) in [5.41, 5.74) is 4.22. The molecule has 2 N–H and O–H groups in total. The first-order valence-electron chi connectivity index (χ1n) is 5.15. The number of alkyl halides is 3. The van der Waals surface area contributed by atoms with Gasteiger partial charge in [0, 0.05) is 6.04 Å². The van der Waals surface area contributed by atoms with Crippen LogP contribution in [0, 0.1) is 5.82 Å². The first-order chi connectivity index (χ1) is 7.86. The molecule has 0 bridgehead atoms. The van der Waals surface area contributed by atoms with E-state index in [1.807, 2.05) is 0 Å². The maximum Gasteiger partial charge on any atom is 0.419 e. The molecule has 0 atom stereocenters. The molecule has 0 saturated heterocycles. The number of benzene rings is 1. The van der Waals surface area contributed by atoms with E-state index < -0.39 is 17.6 Å². The number of rotatable bonds is 2. The summed E-state index contributed by atoms with van der Waals surface area (Å²) < 4.78 is 55.5. The van der Waals surface area contributed by atoms with Gasteiger partial charge >= 0.3 is 6.18 Å². The molecular formula is C11H11F4NO. The van der Waals surface area contributed by atoms with Crippen LogP contribution in [0.2, 0.25) is 0 Å². The molecule has 0 amide bonds. The predicted molar refractivity (Wildman–Crippen MR) is 53.0 cm³/mol. The lowest BCUT2D eigenvalue weighted by molar-refractivity contribution is -0.140. The minimum atomic E-state index is -4.71. The molecule has 2 nitrogen and oxygen atoms in total. The third-order valence-corrected chi connectivity index (χ3v) is 2.68. The second kappa shape index (κ2) is 4.18. The Labute approximate surface area is 95.4 Å². The van der Waals surface area contributed by atoms with Gasteiger partial charge in [0.2, 0.25) is 0 Å². The van der Waals surface area contributed by atoms with Crippen LogP contribution in [0.4, 0.5) is 17.6 Å². The van der Waals surface area contributed by atoms with Crippen LogP contribution < -0.4 is 10.5 Å². The summed E-state index contributed by atoms with van der Waals surface area (Å²) in [7, 11) is 0. The Morgan fingerprint density at radius 3 is 2.41 bits per heavy atom. The molecule has 1 aliphatic rings. The van der Waals surface area contributed by atoms with Crippen molar-refractivity contribution < 1.29 is 22.3 Å². The van der Waals surface area contributed by atoms with E-state index in [4.69, 9.17) is 10.5 Å². The zero-order valence-corrected chi connectivity index (χ0v) is 8.80. The van der Waals surface area contributed by atoms with E-state index in [0.717, 1.165) is 6.07 Å². The topological polar surface area (TPSA) is 35.2 Å². The van der Waals surface area contributed by atoms with E-state index in [-0.39, 0.29) is 17.9 Å². The third kappa shape index (κ3) is 2.69. The quantitative estimate of drug-likeness (QED) is 0.818. The SMILES string of the molecule is N[C@H]1C[C@@H](Oc2ccc(F)c(C(F)(F)F)c2)C1. The number of ether oxygens (including phenoxy) is 1. The van der Waals surface area contributed by atoms with Gasteiger partial charge in [0.05, 0.1) is 5.56 Å². The summed E-state index contributed by atoms with van der Waals surface area (Å²) in [6, 6.07) is 2.67. The molecule has 1 aromatic carbocycles. The number of halogens is 4. The van der Waals surface area contributed by atoms with Crippen molar-refractivity contribution in [3.05, 3.63) is 29.6 Å². The monoisotopic (exact) mass is 249 g/mol. The van der Waals surface area contributed by atoms with E-state index in [1.54, 1.807) is 0 Å². The van der Waals surface area contributed by atoms with Crippen molar-refractivity contribution in [1.82, 2.24) is 0 Å². The number of hydrogen-bond donors (Lipinski definition) is 1. The standard InChI is InChI=1S/C11H11F4NO/c12-10-2-1-7(5-9(10)11(13,14)15)17-8-3-6(16)4-8/h1-2,5-6,8H,3-4,16H2/t6-,8+. The summed E-state index contributed by atoms with van der Waals surface area (Å²) in [5.74, 6) is -1.27. The van der Waals surface area contributed by atoms with Crippen LogP contribution in [-0.4, -0.2) is 12.1 Å². The van der Waals surface area contributed by atoms with E-state index in [2.05, 4.69) is 0 Å². The van der Waals surface area contributed by atoms with Crippen molar-refractivity contribution in [3.63, 3.8) is 0 Å². The molecule has 0 spiro atoms. The fourth-order valence-corrected chi connectivity index (χ4v) is 1.69. The van der Waals surface area contributed by atoms with Crippen molar-refractivity contribution >= 4 is 0 Å². The lowest BCUT2D eigenvalue weighted by Crippen LogP contribution is -2.43. The summed E-state index contributed by atoms with van der Waals surface area (Å²) in [6.07, 6.45) is -3.66. The van der Waals surface area contributed by atoms with E-state index in [0.29, 0.717) is 18.9 Å². The van der Waals surface area contributed by atoms with Crippen LogP contribution in [0.25, 0.3) is 0 Å². The number of hydrogen-bond acceptors (Lipinski definition) is 2. The maximum atomic E-state index is 13.0.